The summed E-state index contributed by atoms with van der Waals surface area (Å²) in [7, 11) is 1.81. The molecule has 1 fully saturated rings. The molecule has 94 valence electrons. The van der Waals surface area contributed by atoms with Gasteiger partial charge >= 0.3 is 0 Å². The minimum atomic E-state index is 0.566. The fourth-order valence-electron chi connectivity index (χ4n) is 2.14. The van der Waals surface area contributed by atoms with Crippen LogP contribution in [0.3, 0.4) is 0 Å². The number of anilines is 2. The van der Waals surface area contributed by atoms with Crippen molar-refractivity contribution in [3.8, 4) is 0 Å². The first-order valence-electron chi connectivity index (χ1n) is 6.01. The van der Waals surface area contributed by atoms with Gasteiger partial charge in [0.05, 0.1) is 10.0 Å². The molecular formula is C12H17Cl2N3. The molecule has 0 unspecified atom stereocenters. The van der Waals surface area contributed by atoms with Gasteiger partial charge in [0.2, 0.25) is 0 Å². The van der Waals surface area contributed by atoms with Crippen LogP contribution in [0, 0.1) is 0 Å². The van der Waals surface area contributed by atoms with Gasteiger partial charge in [-0.2, -0.15) is 0 Å². The number of rotatable bonds is 2. The lowest BCUT2D eigenvalue weighted by molar-refractivity contribution is 0.726. The molecule has 0 aromatic carbocycles. The SMILES string of the molecule is CNc1nc(N2CCCCCC2)c(Cl)cc1Cl. The molecule has 17 heavy (non-hydrogen) atoms. The molecule has 1 N–H and O–H groups in total. The summed E-state index contributed by atoms with van der Waals surface area (Å²) >= 11 is 12.3. The third kappa shape index (κ3) is 2.96. The Balaban J connectivity index is 2.29. The highest BCUT2D eigenvalue weighted by Gasteiger charge is 2.16. The molecule has 0 atom stereocenters. The molecular weight excluding hydrogens is 257 g/mol. The molecule has 0 amide bonds. The third-order valence-electron chi connectivity index (χ3n) is 3.05. The van der Waals surface area contributed by atoms with Gasteiger partial charge in [-0.05, 0) is 18.9 Å². The van der Waals surface area contributed by atoms with Crippen LogP contribution in [0.15, 0.2) is 6.07 Å². The van der Waals surface area contributed by atoms with E-state index < -0.39 is 0 Å². The predicted octanol–water partition coefficient (Wildman–Crippen LogP) is 3.81. The van der Waals surface area contributed by atoms with Gasteiger partial charge in [-0.25, -0.2) is 4.98 Å². The van der Waals surface area contributed by atoms with E-state index in [0.717, 1.165) is 18.9 Å². The van der Waals surface area contributed by atoms with Crippen molar-refractivity contribution in [1.82, 2.24) is 4.98 Å². The van der Waals surface area contributed by atoms with E-state index in [4.69, 9.17) is 23.2 Å². The molecule has 0 aliphatic carbocycles. The Kier molecular flexibility index (Phi) is 4.35. The average molecular weight is 274 g/mol. The van der Waals surface area contributed by atoms with Gasteiger partial charge < -0.3 is 10.2 Å². The van der Waals surface area contributed by atoms with E-state index in [1.54, 1.807) is 6.07 Å². The maximum absolute atomic E-state index is 6.23. The second kappa shape index (κ2) is 5.78. The van der Waals surface area contributed by atoms with Gasteiger partial charge in [0.15, 0.2) is 0 Å². The summed E-state index contributed by atoms with van der Waals surface area (Å²) in [6.07, 6.45) is 4.99. The molecule has 2 heterocycles. The molecule has 0 saturated carbocycles. The second-order valence-electron chi connectivity index (χ2n) is 4.28. The highest BCUT2D eigenvalue weighted by Crippen LogP contribution is 2.32. The minimum absolute atomic E-state index is 0.566. The summed E-state index contributed by atoms with van der Waals surface area (Å²) in [5, 5.41) is 4.19. The first-order chi connectivity index (χ1) is 8.22. The van der Waals surface area contributed by atoms with Gasteiger partial charge in [0, 0.05) is 20.1 Å². The number of hydrogen-bond acceptors (Lipinski definition) is 3. The summed E-state index contributed by atoms with van der Waals surface area (Å²) in [5.74, 6) is 1.54. The zero-order valence-corrected chi connectivity index (χ0v) is 11.5. The van der Waals surface area contributed by atoms with Crippen LogP contribution in [-0.2, 0) is 0 Å². The lowest BCUT2D eigenvalue weighted by Crippen LogP contribution is -2.25. The zero-order chi connectivity index (χ0) is 12.3. The molecule has 3 nitrogen and oxygen atoms in total. The van der Waals surface area contributed by atoms with Crippen molar-refractivity contribution in [1.29, 1.82) is 0 Å². The van der Waals surface area contributed by atoms with Crippen LogP contribution in [0.2, 0.25) is 10.0 Å². The number of aromatic nitrogens is 1. The summed E-state index contributed by atoms with van der Waals surface area (Å²) in [6, 6.07) is 1.77. The van der Waals surface area contributed by atoms with Crippen LogP contribution in [0.5, 0.6) is 0 Å². The van der Waals surface area contributed by atoms with Crippen molar-refractivity contribution in [3.05, 3.63) is 16.1 Å². The number of nitrogens with one attached hydrogen (secondary N) is 1. The van der Waals surface area contributed by atoms with Gasteiger partial charge in [0.1, 0.15) is 11.6 Å². The number of hydrogen-bond donors (Lipinski definition) is 1. The standard InChI is InChI=1S/C12H17Cl2N3/c1-15-11-9(13)8-10(14)12(16-11)17-6-4-2-3-5-7-17/h8H,2-7H2,1H3,(H,15,16). The number of halogens is 2. The van der Waals surface area contributed by atoms with E-state index >= 15 is 0 Å². The van der Waals surface area contributed by atoms with Gasteiger partial charge in [0.25, 0.3) is 0 Å². The molecule has 5 heteroatoms. The van der Waals surface area contributed by atoms with Crippen LogP contribution in [0.25, 0.3) is 0 Å². The number of pyridine rings is 1. The summed E-state index contributed by atoms with van der Waals surface area (Å²) in [5.41, 5.74) is 0. The second-order valence-corrected chi connectivity index (χ2v) is 5.09. The first-order valence-corrected chi connectivity index (χ1v) is 6.76. The topological polar surface area (TPSA) is 28.2 Å². The summed E-state index contributed by atoms with van der Waals surface area (Å²) in [6.45, 7) is 2.05. The lowest BCUT2D eigenvalue weighted by Gasteiger charge is -2.23. The van der Waals surface area contributed by atoms with E-state index in [9.17, 15) is 0 Å². The smallest absolute Gasteiger partial charge is 0.149 e. The predicted molar refractivity (Wildman–Crippen MR) is 74.5 cm³/mol. The van der Waals surface area contributed by atoms with E-state index in [2.05, 4.69) is 15.2 Å². The van der Waals surface area contributed by atoms with Crippen LogP contribution < -0.4 is 10.2 Å². The molecule has 1 aromatic rings. The lowest BCUT2D eigenvalue weighted by atomic mass is 10.2. The highest BCUT2D eigenvalue weighted by molar-refractivity contribution is 6.37. The molecule has 1 aliphatic heterocycles. The Hall–Kier alpha value is -0.670. The minimum Gasteiger partial charge on any atom is -0.372 e. The largest absolute Gasteiger partial charge is 0.372 e. The maximum Gasteiger partial charge on any atom is 0.149 e. The van der Waals surface area contributed by atoms with Gasteiger partial charge in [-0.1, -0.05) is 36.0 Å². The monoisotopic (exact) mass is 273 g/mol. The first kappa shape index (κ1) is 12.8. The van der Waals surface area contributed by atoms with Crippen LogP contribution >= 0.6 is 23.2 Å². The summed E-state index contributed by atoms with van der Waals surface area (Å²) < 4.78 is 0. The zero-order valence-electron chi connectivity index (χ0n) is 9.97. The third-order valence-corrected chi connectivity index (χ3v) is 3.62. The normalized spacial score (nSPS) is 16.8. The van der Waals surface area contributed by atoms with Crippen LogP contribution in [0.4, 0.5) is 11.6 Å². The van der Waals surface area contributed by atoms with E-state index in [1.807, 2.05) is 7.05 Å². The van der Waals surface area contributed by atoms with Gasteiger partial charge in [-0.15, -0.1) is 0 Å². The Bertz CT molecular complexity index is 388. The maximum atomic E-state index is 6.23. The van der Waals surface area contributed by atoms with Crippen molar-refractivity contribution in [2.75, 3.05) is 30.4 Å². The molecule has 0 spiro atoms. The Morgan fingerprint density at radius 3 is 2.35 bits per heavy atom. The van der Waals surface area contributed by atoms with Crippen LogP contribution in [-0.4, -0.2) is 25.1 Å². The molecule has 0 radical (unpaired) electrons. The van der Waals surface area contributed by atoms with Gasteiger partial charge in [-0.3, -0.25) is 0 Å². The van der Waals surface area contributed by atoms with Crippen molar-refractivity contribution in [3.63, 3.8) is 0 Å². The fraction of sp³-hybridized carbons (Fsp3) is 0.583. The van der Waals surface area contributed by atoms with E-state index in [0.29, 0.717) is 15.9 Å². The Labute approximate surface area is 112 Å². The molecule has 2 rings (SSSR count). The molecule has 1 aromatic heterocycles. The Morgan fingerprint density at radius 1 is 1.12 bits per heavy atom. The van der Waals surface area contributed by atoms with Crippen LogP contribution in [0.1, 0.15) is 25.7 Å². The molecule has 0 bridgehead atoms. The average Bonchev–Trinajstić information content (AvgIpc) is 2.58. The number of nitrogens with zero attached hydrogens (tertiary/aromatic N) is 2. The highest BCUT2D eigenvalue weighted by atomic mass is 35.5. The van der Waals surface area contributed by atoms with E-state index in [-0.39, 0.29) is 0 Å². The van der Waals surface area contributed by atoms with Crippen molar-refractivity contribution in [2.45, 2.75) is 25.7 Å². The Morgan fingerprint density at radius 2 is 1.76 bits per heavy atom. The quantitative estimate of drug-likeness (QED) is 0.888. The fourth-order valence-corrected chi connectivity index (χ4v) is 2.71. The van der Waals surface area contributed by atoms with E-state index in [1.165, 1.54) is 25.7 Å². The molecule has 1 aliphatic rings. The molecule has 1 saturated heterocycles. The van der Waals surface area contributed by atoms with Crippen molar-refractivity contribution in [2.24, 2.45) is 0 Å². The van der Waals surface area contributed by atoms with Crippen molar-refractivity contribution < 1.29 is 0 Å². The summed E-state index contributed by atoms with van der Waals surface area (Å²) in [4.78, 5) is 6.76. The van der Waals surface area contributed by atoms with Crippen molar-refractivity contribution >= 4 is 34.8 Å².